The van der Waals surface area contributed by atoms with Gasteiger partial charge in [-0.05, 0) is 59.2 Å². The molecule has 4 aromatic rings. The van der Waals surface area contributed by atoms with Gasteiger partial charge >= 0.3 is 6.09 Å². The lowest BCUT2D eigenvalue weighted by molar-refractivity contribution is 0.00434. The van der Waals surface area contributed by atoms with Crippen LogP contribution in [0.5, 0.6) is 0 Å². The molecular weight excluding hydrogens is 638 g/mol. The van der Waals surface area contributed by atoms with Crippen LogP contribution in [-0.4, -0.2) is 87.8 Å². The number of hydrogen-bond acceptors (Lipinski definition) is 11. The van der Waals surface area contributed by atoms with Gasteiger partial charge in [0.05, 0.1) is 35.4 Å². The summed E-state index contributed by atoms with van der Waals surface area (Å²) in [5, 5.41) is 13.5. The average molecular weight is 677 g/mol. The lowest BCUT2D eigenvalue weighted by Crippen LogP contribution is -2.61. The number of nitrogens with one attached hydrogen (secondary N) is 1. The van der Waals surface area contributed by atoms with E-state index in [0.717, 1.165) is 62.2 Å². The molecule has 2 saturated heterocycles. The SMILES string of the molecule is CN1CCN([C@@H]2CCN(c3ncc4c5c(c(-c6ncc(F)c7sc(NC(=O)OC(C)(C)C)c(C#N)c67)c(F)c4n3)COC5)C2)C(C)(C)C1. The Morgan fingerprint density at radius 2 is 1.94 bits per heavy atom. The Bertz CT molecular complexity index is 2000. The third kappa shape index (κ3) is 5.62. The molecule has 6 heterocycles. The first-order valence-electron chi connectivity index (χ1n) is 16.0. The van der Waals surface area contributed by atoms with Gasteiger partial charge in [-0.1, -0.05) is 0 Å². The van der Waals surface area contributed by atoms with Gasteiger partial charge in [-0.3, -0.25) is 15.2 Å². The van der Waals surface area contributed by atoms with Gasteiger partial charge in [0.15, 0.2) is 11.6 Å². The first-order chi connectivity index (χ1) is 22.8. The van der Waals surface area contributed by atoms with Crippen LogP contribution in [0.15, 0.2) is 12.4 Å². The van der Waals surface area contributed by atoms with Gasteiger partial charge in [-0.2, -0.15) is 5.26 Å². The third-order valence-corrected chi connectivity index (χ3v) is 10.5. The van der Waals surface area contributed by atoms with Crippen LogP contribution < -0.4 is 10.2 Å². The number of fused-ring (bicyclic) bond motifs is 4. The quantitative estimate of drug-likeness (QED) is 0.274. The number of halogens is 2. The molecule has 1 atom stereocenters. The summed E-state index contributed by atoms with van der Waals surface area (Å²) in [5.41, 5.74) is 0.768. The number of carbonyl (C=O) groups excluding carboxylic acids is 1. The summed E-state index contributed by atoms with van der Waals surface area (Å²) in [6.45, 7) is 14.4. The molecule has 0 spiro atoms. The number of aromatic nitrogens is 3. The Balaban J connectivity index is 1.31. The van der Waals surface area contributed by atoms with E-state index in [-0.39, 0.29) is 56.2 Å². The fourth-order valence-corrected chi connectivity index (χ4v) is 8.46. The zero-order chi connectivity index (χ0) is 34.1. The molecule has 3 aromatic heterocycles. The fourth-order valence-electron chi connectivity index (χ4n) is 7.42. The molecule has 0 bridgehead atoms. The Kier molecular flexibility index (Phi) is 8.02. The van der Waals surface area contributed by atoms with E-state index in [9.17, 15) is 10.1 Å². The van der Waals surface area contributed by atoms with Crippen molar-refractivity contribution >= 4 is 49.4 Å². The van der Waals surface area contributed by atoms with Gasteiger partial charge in [0.2, 0.25) is 5.95 Å². The number of thiophene rings is 1. The third-order valence-electron chi connectivity index (χ3n) is 9.36. The van der Waals surface area contributed by atoms with E-state index in [1.54, 1.807) is 27.0 Å². The van der Waals surface area contributed by atoms with Crippen molar-refractivity contribution < 1.29 is 23.0 Å². The number of benzene rings is 1. The minimum atomic E-state index is -0.795. The van der Waals surface area contributed by atoms with E-state index >= 15 is 8.78 Å². The van der Waals surface area contributed by atoms with Crippen LogP contribution in [0.3, 0.4) is 0 Å². The zero-order valence-electron chi connectivity index (χ0n) is 27.9. The van der Waals surface area contributed by atoms with Crippen LogP contribution in [0.4, 0.5) is 24.5 Å². The molecule has 0 radical (unpaired) electrons. The molecule has 11 nitrogen and oxygen atoms in total. The maximum atomic E-state index is 17.0. The second kappa shape index (κ2) is 11.8. The summed E-state index contributed by atoms with van der Waals surface area (Å²) in [6, 6.07) is 2.40. The minimum Gasteiger partial charge on any atom is -0.444 e. The number of anilines is 2. The second-order valence-electron chi connectivity index (χ2n) is 14.4. The average Bonchev–Trinajstić information content (AvgIpc) is 3.76. The second-order valence-corrected chi connectivity index (χ2v) is 15.4. The predicted octanol–water partition coefficient (Wildman–Crippen LogP) is 6.04. The molecule has 1 aromatic carbocycles. The highest BCUT2D eigenvalue weighted by molar-refractivity contribution is 7.23. The number of ether oxygens (including phenoxy) is 2. The highest BCUT2D eigenvalue weighted by Crippen LogP contribution is 2.46. The first-order valence-corrected chi connectivity index (χ1v) is 16.9. The maximum Gasteiger partial charge on any atom is 0.412 e. The van der Waals surface area contributed by atoms with Crippen molar-refractivity contribution in [2.75, 3.05) is 50.0 Å². The van der Waals surface area contributed by atoms with Crippen molar-refractivity contribution in [2.24, 2.45) is 0 Å². The predicted molar refractivity (Wildman–Crippen MR) is 180 cm³/mol. The molecule has 1 N–H and O–H groups in total. The van der Waals surface area contributed by atoms with Crippen LogP contribution in [0.1, 0.15) is 57.7 Å². The molecular formula is C34H38F2N8O3S. The number of pyridine rings is 1. The summed E-state index contributed by atoms with van der Waals surface area (Å²) in [6.07, 6.45) is 2.82. The maximum absolute atomic E-state index is 17.0. The number of hydrogen-bond donors (Lipinski definition) is 1. The number of nitrogens with zero attached hydrogens (tertiary/aromatic N) is 7. The van der Waals surface area contributed by atoms with Gasteiger partial charge < -0.3 is 19.3 Å². The van der Waals surface area contributed by atoms with Gasteiger partial charge in [-0.25, -0.2) is 23.5 Å². The van der Waals surface area contributed by atoms with Crippen molar-refractivity contribution in [3.8, 4) is 17.3 Å². The topological polar surface area (TPSA) is 120 Å². The van der Waals surface area contributed by atoms with E-state index < -0.39 is 23.3 Å². The van der Waals surface area contributed by atoms with Crippen LogP contribution in [0.2, 0.25) is 0 Å². The van der Waals surface area contributed by atoms with Gasteiger partial charge in [0.1, 0.15) is 22.2 Å². The molecule has 0 saturated carbocycles. The summed E-state index contributed by atoms with van der Waals surface area (Å²) < 4.78 is 43.4. The molecule has 3 aliphatic heterocycles. The smallest absolute Gasteiger partial charge is 0.412 e. The van der Waals surface area contributed by atoms with Crippen molar-refractivity contribution in [1.82, 2.24) is 24.8 Å². The van der Waals surface area contributed by atoms with Gasteiger partial charge in [0.25, 0.3) is 0 Å². The van der Waals surface area contributed by atoms with E-state index in [0.29, 0.717) is 22.9 Å². The number of carbonyl (C=O) groups is 1. The number of likely N-dealkylation sites (N-methyl/N-ethyl adjacent to an activating group) is 1. The first kappa shape index (κ1) is 32.5. The Hall–Kier alpha value is -4.03. The Labute approximate surface area is 281 Å². The lowest BCUT2D eigenvalue weighted by atomic mass is 9.94. The highest BCUT2D eigenvalue weighted by atomic mass is 32.1. The van der Waals surface area contributed by atoms with Crippen molar-refractivity contribution in [2.45, 2.75) is 71.4 Å². The summed E-state index contributed by atoms with van der Waals surface area (Å²) in [4.78, 5) is 33.5. The van der Waals surface area contributed by atoms with Crippen molar-refractivity contribution in [3.05, 3.63) is 40.7 Å². The standard InChI is InChI=1S/C34H38F2N8O3S/c1-33(2,3)47-32(45)41-30-19(11-37)25-28(38-13-23(35)29(25)48-30)24-22-16-46-15-21(22)20-12-39-31(40-27(20)26(24)36)43-8-7-18(14-43)44-10-9-42(6)17-34(44,4)5/h12-13,18H,7-10,14-17H2,1-6H3,(H,41,45)/t18-/m1/s1. The Morgan fingerprint density at radius 1 is 1.17 bits per heavy atom. The molecule has 3 aliphatic rings. The largest absolute Gasteiger partial charge is 0.444 e. The van der Waals surface area contributed by atoms with E-state index in [1.165, 1.54) is 0 Å². The van der Waals surface area contributed by atoms with Crippen LogP contribution in [0.25, 0.3) is 32.2 Å². The van der Waals surface area contributed by atoms with Gasteiger partial charge in [0, 0.05) is 66.8 Å². The van der Waals surface area contributed by atoms with Crippen LogP contribution >= 0.6 is 11.3 Å². The number of amides is 1. The molecule has 48 heavy (non-hydrogen) atoms. The van der Waals surface area contributed by atoms with Gasteiger partial charge in [-0.15, -0.1) is 11.3 Å². The molecule has 2 fully saturated rings. The molecule has 252 valence electrons. The minimum absolute atomic E-state index is 0.0270. The summed E-state index contributed by atoms with van der Waals surface area (Å²) in [5.74, 6) is -0.903. The van der Waals surface area contributed by atoms with E-state index in [2.05, 4.69) is 52.0 Å². The molecule has 1 amide bonds. The van der Waals surface area contributed by atoms with Crippen molar-refractivity contribution in [3.63, 3.8) is 0 Å². The molecule has 0 aliphatic carbocycles. The van der Waals surface area contributed by atoms with Crippen molar-refractivity contribution in [1.29, 1.82) is 5.26 Å². The number of piperazine rings is 1. The monoisotopic (exact) mass is 676 g/mol. The van der Waals surface area contributed by atoms with E-state index in [4.69, 9.17) is 19.4 Å². The molecule has 0 unspecified atom stereocenters. The summed E-state index contributed by atoms with van der Waals surface area (Å²) >= 11 is 0.870. The highest BCUT2D eigenvalue weighted by Gasteiger charge is 2.40. The molecule has 7 rings (SSSR count). The van der Waals surface area contributed by atoms with Crippen LogP contribution in [0, 0.1) is 23.0 Å². The normalized spacial score (nSPS) is 20.0. The van der Waals surface area contributed by atoms with E-state index in [1.807, 2.05) is 0 Å². The number of rotatable bonds is 4. The lowest BCUT2D eigenvalue weighted by Gasteiger charge is -2.49. The Morgan fingerprint density at radius 3 is 2.67 bits per heavy atom. The fraction of sp³-hybridized carbons (Fsp3) is 0.500. The van der Waals surface area contributed by atoms with Crippen LogP contribution in [-0.2, 0) is 22.7 Å². The molecule has 14 heteroatoms. The zero-order valence-corrected chi connectivity index (χ0v) is 28.7. The summed E-state index contributed by atoms with van der Waals surface area (Å²) in [7, 11) is 2.15. The number of nitriles is 1.